The Hall–Kier alpha value is -0.370. The number of carbonyl (C=O) groups is 1. The summed E-state index contributed by atoms with van der Waals surface area (Å²) in [5.74, 6) is -0.596. The van der Waals surface area contributed by atoms with Crippen LogP contribution in [0.2, 0.25) is 0 Å². The van der Waals surface area contributed by atoms with Crippen molar-refractivity contribution in [1.82, 2.24) is 4.24 Å². The molecule has 2 N–H and O–H groups in total. The molecule has 0 aromatic heterocycles. The van der Waals surface area contributed by atoms with Crippen molar-refractivity contribution < 1.29 is 18.3 Å². The van der Waals surface area contributed by atoms with Crippen molar-refractivity contribution in [2.24, 2.45) is 17.3 Å². The summed E-state index contributed by atoms with van der Waals surface area (Å²) in [5.41, 5.74) is 0.974. The van der Waals surface area contributed by atoms with Crippen LogP contribution in [0.5, 0.6) is 0 Å². The van der Waals surface area contributed by atoms with E-state index >= 15 is 0 Å². The molecule has 0 bridgehead atoms. The fraction of sp³-hybridized carbons (Fsp3) is 0.438. The first-order valence-electron chi connectivity index (χ1n) is 7.12. The quantitative estimate of drug-likeness (QED) is 0.475. The maximum absolute atomic E-state index is 11.1. The summed E-state index contributed by atoms with van der Waals surface area (Å²) >= 11 is 5.03. The minimum absolute atomic E-state index is 0. The fourth-order valence-corrected chi connectivity index (χ4v) is 3.33. The summed E-state index contributed by atoms with van der Waals surface area (Å²) in [4.78, 5) is 10.8. The Morgan fingerprint density at radius 1 is 1.29 bits per heavy atom. The number of aliphatic carboxylic acids is 1. The molecule has 2 rings (SSSR count). The molecule has 1 aromatic carbocycles. The van der Waals surface area contributed by atoms with Crippen molar-refractivity contribution in [3.63, 3.8) is 0 Å². The molecule has 2 atom stereocenters. The Balaban J connectivity index is 0.000000425. The van der Waals surface area contributed by atoms with Crippen LogP contribution in [-0.4, -0.2) is 49.1 Å². The van der Waals surface area contributed by atoms with Crippen LogP contribution in [0, 0.1) is 24.2 Å². The molecule has 5 nitrogen and oxygen atoms in total. The van der Waals surface area contributed by atoms with Gasteiger partial charge in [0.05, 0.1) is 10.8 Å². The van der Waals surface area contributed by atoms with Gasteiger partial charge in [0.1, 0.15) is 0 Å². The van der Waals surface area contributed by atoms with Crippen LogP contribution < -0.4 is 4.24 Å². The van der Waals surface area contributed by atoms with E-state index < -0.39 is 16.0 Å². The van der Waals surface area contributed by atoms with Gasteiger partial charge in [0.2, 0.25) is 0 Å². The maximum atomic E-state index is 11.1. The summed E-state index contributed by atoms with van der Waals surface area (Å²) < 4.78 is 23.9. The van der Waals surface area contributed by atoms with Gasteiger partial charge in [0, 0.05) is 0 Å². The predicted molar refractivity (Wildman–Crippen MR) is 97.7 cm³/mol. The number of hydrogen-bond donors (Lipinski definition) is 2. The molecule has 0 saturated heterocycles. The van der Waals surface area contributed by atoms with Crippen molar-refractivity contribution in [2.45, 2.75) is 32.6 Å². The van der Waals surface area contributed by atoms with E-state index in [1.54, 1.807) is 16.4 Å². The zero-order valence-electron chi connectivity index (χ0n) is 13.6. The molecule has 1 fully saturated rings. The standard InChI is InChI=1S/C9H14O2.C7H8ClNO2S.Na.H/c1-4-5-6-7(8(10)11)9(6,2)3;1-6-2-4-7(5-3-6)12(10,11)9-8;;/h4-7H,1-3H3,(H,10,11);2-5,9H,1H3;;/b5-4-;;;. The van der Waals surface area contributed by atoms with E-state index in [4.69, 9.17) is 16.9 Å². The van der Waals surface area contributed by atoms with Gasteiger partial charge in [0.25, 0.3) is 10.0 Å². The van der Waals surface area contributed by atoms with E-state index in [9.17, 15) is 13.2 Å². The summed E-state index contributed by atoms with van der Waals surface area (Å²) in [6, 6.07) is 6.42. The Kier molecular flexibility index (Phi) is 9.22. The van der Waals surface area contributed by atoms with E-state index in [2.05, 4.69) is 0 Å². The number of rotatable bonds is 4. The molecule has 8 heteroatoms. The monoisotopic (exact) mass is 383 g/mol. The fourth-order valence-electron chi connectivity index (χ4n) is 2.48. The third kappa shape index (κ3) is 5.86. The van der Waals surface area contributed by atoms with Gasteiger partial charge in [-0.2, -0.15) is 0 Å². The number of hydrogen-bond acceptors (Lipinski definition) is 3. The molecule has 1 aromatic rings. The normalized spacial score (nSPS) is 21.4. The third-order valence-corrected chi connectivity index (χ3v) is 5.71. The summed E-state index contributed by atoms with van der Waals surface area (Å²) in [5, 5.41) is 8.75. The average Bonchev–Trinajstić information content (AvgIpc) is 3.02. The molecular weight excluding hydrogens is 361 g/mol. The Labute approximate surface area is 170 Å². The molecule has 0 spiro atoms. The molecule has 0 radical (unpaired) electrons. The average molecular weight is 384 g/mol. The number of aryl methyl sites for hydroxylation is 1. The van der Waals surface area contributed by atoms with E-state index in [1.165, 1.54) is 12.1 Å². The van der Waals surface area contributed by atoms with Crippen molar-refractivity contribution >= 4 is 57.3 Å². The van der Waals surface area contributed by atoms with Gasteiger partial charge in [-0.05, 0) is 49.1 Å². The van der Waals surface area contributed by atoms with Crippen molar-refractivity contribution in [3.8, 4) is 0 Å². The van der Waals surface area contributed by atoms with Crippen LogP contribution in [0.15, 0.2) is 41.3 Å². The Morgan fingerprint density at radius 2 is 1.79 bits per heavy atom. The van der Waals surface area contributed by atoms with Crippen LogP contribution in [0.3, 0.4) is 0 Å². The molecule has 0 aliphatic heterocycles. The Morgan fingerprint density at radius 3 is 2.12 bits per heavy atom. The second kappa shape index (κ2) is 9.36. The molecule has 24 heavy (non-hydrogen) atoms. The van der Waals surface area contributed by atoms with E-state index in [0.717, 1.165) is 5.56 Å². The first-order valence-corrected chi connectivity index (χ1v) is 8.98. The van der Waals surface area contributed by atoms with Crippen LogP contribution in [0.1, 0.15) is 26.3 Å². The molecule has 1 saturated carbocycles. The van der Waals surface area contributed by atoms with Gasteiger partial charge in [-0.1, -0.05) is 43.7 Å². The summed E-state index contributed by atoms with van der Waals surface area (Å²) in [6.07, 6.45) is 3.91. The van der Waals surface area contributed by atoms with Crippen LogP contribution in [0.25, 0.3) is 0 Å². The van der Waals surface area contributed by atoms with Crippen LogP contribution in [-0.2, 0) is 14.8 Å². The van der Waals surface area contributed by atoms with E-state index in [-0.39, 0.29) is 51.7 Å². The van der Waals surface area contributed by atoms with Gasteiger partial charge < -0.3 is 5.11 Å². The zero-order valence-corrected chi connectivity index (χ0v) is 15.1. The van der Waals surface area contributed by atoms with Gasteiger partial charge in [0.15, 0.2) is 0 Å². The van der Waals surface area contributed by atoms with Crippen LogP contribution in [0.4, 0.5) is 0 Å². The topological polar surface area (TPSA) is 83.5 Å². The number of halogens is 1. The van der Waals surface area contributed by atoms with Gasteiger partial charge >= 0.3 is 35.5 Å². The van der Waals surface area contributed by atoms with Crippen molar-refractivity contribution in [3.05, 3.63) is 42.0 Å². The minimum atomic E-state index is -3.50. The molecule has 130 valence electrons. The molecule has 1 aliphatic rings. The van der Waals surface area contributed by atoms with Gasteiger partial charge in [-0.25, -0.2) is 8.42 Å². The second-order valence-electron chi connectivity index (χ2n) is 6.08. The first-order chi connectivity index (χ1) is 10.6. The number of benzene rings is 1. The van der Waals surface area contributed by atoms with Crippen LogP contribution >= 0.6 is 11.8 Å². The number of carboxylic acid groups (broad SMARTS) is 1. The molecule has 0 amide bonds. The SMILES string of the molecule is C/C=C\C1C(C(=O)O)C1(C)C.Cc1ccc(S(=O)(=O)NCl)cc1.[NaH]. The molecule has 1 aliphatic carbocycles. The number of nitrogens with one attached hydrogen (secondary N) is 1. The predicted octanol–water partition coefficient (Wildman–Crippen LogP) is 2.70. The summed E-state index contributed by atoms with van der Waals surface area (Å²) in [6.45, 7) is 7.80. The van der Waals surface area contributed by atoms with E-state index in [0.29, 0.717) is 0 Å². The number of carboxylic acids is 1. The Bertz CT molecular complexity index is 687. The van der Waals surface area contributed by atoms with E-state index in [1.807, 2.05) is 39.8 Å². The number of allylic oxidation sites excluding steroid dienone is 2. The van der Waals surface area contributed by atoms with Crippen molar-refractivity contribution in [2.75, 3.05) is 0 Å². The molecule has 2 unspecified atom stereocenters. The number of sulfonamides is 1. The van der Waals surface area contributed by atoms with Crippen molar-refractivity contribution in [1.29, 1.82) is 0 Å². The third-order valence-electron chi connectivity index (χ3n) is 4.01. The summed E-state index contributed by atoms with van der Waals surface area (Å²) in [7, 11) is -3.50. The molecule has 0 heterocycles. The first kappa shape index (κ1) is 23.6. The second-order valence-corrected chi connectivity index (χ2v) is 8.18. The zero-order chi connectivity index (χ0) is 17.8. The molecular formula is C16H23ClNNaO4S. The van der Waals surface area contributed by atoms with Gasteiger partial charge in [-0.15, -0.1) is 4.24 Å². The van der Waals surface area contributed by atoms with Gasteiger partial charge in [-0.3, -0.25) is 4.79 Å².